The molecule has 0 aliphatic heterocycles. The van der Waals surface area contributed by atoms with E-state index in [4.69, 9.17) is 9.66 Å². The highest BCUT2D eigenvalue weighted by molar-refractivity contribution is 7.89. The molecule has 2 heterocycles. The summed E-state index contributed by atoms with van der Waals surface area (Å²) in [5, 5.41) is 20.9. The molecular formula is C14H12FN3O4S2. The van der Waals surface area contributed by atoms with Gasteiger partial charge in [0, 0.05) is 5.38 Å². The van der Waals surface area contributed by atoms with Crippen LogP contribution in [0.1, 0.15) is 10.8 Å². The third-order valence-corrected chi connectivity index (χ3v) is 5.01. The number of hydrogen-bond acceptors (Lipinski definition) is 7. The van der Waals surface area contributed by atoms with Gasteiger partial charge in [-0.15, -0.1) is 11.3 Å². The van der Waals surface area contributed by atoms with Gasteiger partial charge in [-0.2, -0.15) is 0 Å². The monoisotopic (exact) mass is 369 g/mol. The van der Waals surface area contributed by atoms with Crippen molar-refractivity contribution in [2.45, 2.75) is 18.4 Å². The largest absolute Gasteiger partial charge is 0.388 e. The van der Waals surface area contributed by atoms with Crippen molar-refractivity contribution in [3.8, 4) is 22.5 Å². The van der Waals surface area contributed by atoms with Gasteiger partial charge in [0.15, 0.2) is 5.76 Å². The summed E-state index contributed by atoms with van der Waals surface area (Å²) in [6, 6.07) is 3.44. The number of aliphatic hydroxyl groups is 1. The lowest BCUT2D eigenvalue weighted by Crippen LogP contribution is -2.14. The Hall–Kier alpha value is -2.14. The molecule has 0 saturated carbocycles. The molecule has 7 nitrogen and oxygen atoms in total. The first-order valence-electron chi connectivity index (χ1n) is 6.66. The summed E-state index contributed by atoms with van der Waals surface area (Å²) in [5.41, 5.74) is 1.51. The van der Waals surface area contributed by atoms with Gasteiger partial charge < -0.3 is 9.63 Å². The van der Waals surface area contributed by atoms with Gasteiger partial charge in [-0.1, -0.05) is 11.2 Å². The molecule has 24 heavy (non-hydrogen) atoms. The van der Waals surface area contributed by atoms with Crippen molar-refractivity contribution in [1.82, 2.24) is 10.1 Å². The molecule has 2 aromatic heterocycles. The van der Waals surface area contributed by atoms with Gasteiger partial charge >= 0.3 is 0 Å². The Labute approximate surface area is 140 Å². The Bertz CT molecular complexity index is 1010. The number of thiazole rings is 1. The predicted molar refractivity (Wildman–Crippen MR) is 85.0 cm³/mol. The van der Waals surface area contributed by atoms with Crippen LogP contribution in [0.4, 0.5) is 4.39 Å². The third-order valence-electron chi connectivity index (χ3n) is 3.30. The summed E-state index contributed by atoms with van der Waals surface area (Å²) >= 11 is 1.40. The Kier molecular flexibility index (Phi) is 4.22. The van der Waals surface area contributed by atoms with E-state index in [-0.39, 0.29) is 5.76 Å². The lowest BCUT2D eigenvalue weighted by Gasteiger charge is -2.05. The van der Waals surface area contributed by atoms with Crippen LogP contribution in [0.2, 0.25) is 0 Å². The van der Waals surface area contributed by atoms with Gasteiger partial charge in [0.1, 0.15) is 28.7 Å². The van der Waals surface area contributed by atoms with Crippen molar-refractivity contribution < 1.29 is 22.4 Å². The SMILES string of the molecule is Cc1nc(-c2noc(CO)c2-c2ccc(S(N)(=O)=O)c(F)c2)cs1. The summed E-state index contributed by atoms with van der Waals surface area (Å²) in [5.74, 6) is -0.876. The standard InChI is InChI=1S/C14H12FN3O4S2/c1-7-17-10(6-23-7)14-13(11(5-19)22-18-14)8-2-3-12(9(15)4-8)24(16,20)21/h2-4,6,19H,5H2,1H3,(H2,16,20,21). The second-order valence-electron chi connectivity index (χ2n) is 4.93. The summed E-state index contributed by atoms with van der Waals surface area (Å²) in [7, 11) is -4.17. The van der Waals surface area contributed by atoms with Gasteiger partial charge in [0.05, 0.1) is 10.6 Å². The fourth-order valence-electron chi connectivity index (χ4n) is 2.26. The van der Waals surface area contributed by atoms with Gasteiger partial charge in [-0.3, -0.25) is 0 Å². The van der Waals surface area contributed by atoms with Crippen molar-refractivity contribution >= 4 is 21.4 Å². The van der Waals surface area contributed by atoms with Crippen LogP contribution in [0.15, 0.2) is 33.0 Å². The van der Waals surface area contributed by atoms with Gasteiger partial charge in [-0.05, 0) is 24.6 Å². The third kappa shape index (κ3) is 2.96. The number of sulfonamides is 1. The number of aryl methyl sites for hydroxylation is 1. The summed E-state index contributed by atoms with van der Waals surface area (Å²) in [6.07, 6.45) is 0. The van der Waals surface area contributed by atoms with E-state index in [0.29, 0.717) is 22.5 Å². The molecule has 0 radical (unpaired) electrons. The van der Waals surface area contributed by atoms with Crippen LogP contribution < -0.4 is 5.14 Å². The zero-order valence-electron chi connectivity index (χ0n) is 12.4. The molecular weight excluding hydrogens is 357 g/mol. The number of benzene rings is 1. The van der Waals surface area contributed by atoms with Gasteiger partial charge in [0.2, 0.25) is 10.0 Å². The molecule has 3 N–H and O–H groups in total. The smallest absolute Gasteiger partial charge is 0.240 e. The summed E-state index contributed by atoms with van der Waals surface area (Å²) in [6.45, 7) is 1.37. The van der Waals surface area contributed by atoms with E-state index in [1.54, 1.807) is 5.38 Å². The lowest BCUT2D eigenvalue weighted by atomic mass is 10.0. The maximum atomic E-state index is 14.1. The van der Waals surface area contributed by atoms with Crippen LogP contribution in [0.3, 0.4) is 0 Å². The van der Waals surface area contributed by atoms with Crippen molar-refractivity contribution in [2.75, 3.05) is 0 Å². The first-order valence-corrected chi connectivity index (χ1v) is 9.08. The minimum Gasteiger partial charge on any atom is -0.388 e. The van der Waals surface area contributed by atoms with E-state index in [1.807, 2.05) is 6.92 Å². The number of halogens is 1. The molecule has 0 fully saturated rings. The molecule has 0 bridgehead atoms. The summed E-state index contributed by atoms with van der Waals surface area (Å²) < 4.78 is 41.9. The van der Waals surface area contributed by atoms with Crippen LogP contribution in [0.5, 0.6) is 0 Å². The van der Waals surface area contributed by atoms with E-state index >= 15 is 0 Å². The Morgan fingerprint density at radius 2 is 2.17 bits per heavy atom. The molecule has 3 aromatic rings. The maximum Gasteiger partial charge on any atom is 0.240 e. The molecule has 0 saturated heterocycles. The average Bonchev–Trinajstić information content (AvgIpc) is 3.11. The molecule has 0 amide bonds. The van der Waals surface area contributed by atoms with E-state index in [2.05, 4.69) is 10.1 Å². The van der Waals surface area contributed by atoms with Crippen LogP contribution in [0.25, 0.3) is 22.5 Å². The minimum absolute atomic E-state index is 0.124. The second kappa shape index (κ2) is 6.06. The molecule has 0 unspecified atom stereocenters. The van der Waals surface area contributed by atoms with Crippen molar-refractivity contribution in [2.24, 2.45) is 5.14 Å². The first-order chi connectivity index (χ1) is 11.3. The normalized spacial score (nSPS) is 11.8. The molecule has 0 spiro atoms. The lowest BCUT2D eigenvalue weighted by molar-refractivity contribution is 0.230. The number of aromatic nitrogens is 2. The Morgan fingerprint density at radius 3 is 2.71 bits per heavy atom. The Balaban J connectivity index is 2.19. The molecule has 1 aromatic carbocycles. The zero-order chi connectivity index (χ0) is 17.5. The number of nitrogens with zero attached hydrogens (tertiary/aromatic N) is 2. The predicted octanol–water partition coefficient (Wildman–Crippen LogP) is 2.05. The van der Waals surface area contributed by atoms with E-state index in [1.165, 1.54) is 17.4 Å². The summed E-state index contributed by atoms with van der Waals surface area (Å²) in [4.78, 5) is 3.69. The van der Waals surface area contributed by atoms with Crippen LogP contribution >= 0.6 is 11.3 Å². The highest BCUT2D eigenvalue weighted by Crippen LogP contribution is 2.36. The molecule has 0 aliphatic rings. The molecule has 3 rings (SSSR count). The van der Waals surface area contributed by atoms with E-state index < -0.39 is 27.3 Å². The Morgan fingerprint density at radius 1 is 1.42 bits per heavy atom. The van der Waals surface area contributed by atoms with Crippen LogP contribution in [-0.2, 0) is 16.6 Å². The molecule has 10 heteroatoms. The number of aliphatic hydroxyl groups excluding tert-OH is 1. The highest BCUT2D eigenvalue weighted by Gasteiger charge is 2.23. The second-order valence-corrected chi connectivity index (χ2v) is 7.52. The first kappa shape index (κ1) is 16.7. The maximum absolute atomic E-state index is 14.1. The van der Waals surface area contributed by atoms with Crippen LogP contribution in [0, 0.1) is 12.7 Å². The average molecular weight is 369 g/mol. The van der Waals surface area contributed by atoms with E-state index in [0.717, 1.165) is 17.1 Å². The molecule has 126 valence electrons. The van der Waals surface area contributed by atoms with Crippen molar-refractivity contribution in [1.29, 1.82) is 0 Å². The van der Waals surface area contributed by atoms with Crippen LogP contribution in [-0.4, -0.2) is 23.7 Å². The van der Waals surface area contributed by atoms with E-state index in [9.17, 15) is 17.9 Å². The highest BCUT2D eigenvalue weighted by atomic mass is 32.2. The van der Waals surface area contributed by atoms with Crippen molar-refractivity contribution in [3.05, 3.63) is 40.2 Å². The minimum atomic E-state index is -4.17. The van der Waals surface area contributed by atoms with Gasteiger partial charge in [-0.25, -0.2) is 22.9 Å². The fourth-order valence-corrected chi connectivity index (χ4v) is 3.45. The number of hydrogen-bond donors (Lipinski definition) is 2. The quantitative estimate of drug-likeness (QED) is 0.726. The molecule has 0 aliphatic carbocycles. The molecule has 0 atom stereocenters. The zero-order valence-corrected chi connectivity index (χ0v) is 14.0. The number of primary sulfonamides is 1. The fraction of sp³-hybridized carbons (Fsp3) is 0.143. The van der Waals surface area contributed by atoms with Gasteiger partial charge in [0.25, 0.3) is 0 Å². The number of nitrogens with two attached hydrogens (primary N) is 1. The topological polar surface area (TPSA) is 119 Å². The number of rotatable bonds is 4. The van der Waals surface area contributed by atoms with Crippen molar-refractivity contribution in [3.63, 3.8) is 0 Å².